The predicted octanol–water partition coefficient (Wildman–Crippen LogP) is 11.7. The Morgan fingerprint density at radius 1 is 0.310 bits per heavy atom. The first-order valence-electron chi connectivity index (χ1n) is 15.8. The zero-order valence-corrected chi connectivity index (χ0v) is 27.4. The van der Waals surface area contributed by atoms with Crippen molar-refractivity contribution >= 4 is 66.4 Å². The van der Waals surface area contributed by atoms with Crippen molar-refractivity contribution in [3.63, 3.8) is 0 Å². The summed E-state index contributed by atoms with van der Waals surface area (Å²) in [5.41, 5.74) is -2.27. The van der Waals surface area contributed by atoms with Crippen LogP contribution in [0.4, 0.5) is 74.6 Å². The number of hydrogen-bond acceptors (Lipinski definition) is 2. The van der Waals surface area contributed by atoms with Crippen LogP contribution < -0.4 is 14.8 Å². The van der Waals surface area contributed by atoms with Crippen LogP contribution in [0.3, 0.4) is 0 Å². The fraction of sp³-hybridized carbons (Fsp3) is 0. The smallest absolute Gasteiger partial charge is 0.519 e. The van der Waals surface area contributed by atoms with Crippen LogP contribution in [0, 0.1) is 98.9 Å². The fourth-order valence-electron chi connectivity index (χ4n) is 6.69. The van der Waals surface area contributed by atoms with Crippen LogP contribution in [0.25, 0.3) is 53.9 Å². The van der Waals surface area contributed by atoms with Gasteiger partial charge >= 0.3 is 7.12 Å². The fourth-order valence-corrected chi connectivity index (χ4v) is 6.69. The van der Waals surface area contributed by atoms with Gasteiger partial charge < -0.3 is 9.31 Å². The highest BCUT2D eigenvalue weighted by Gasteiger charge is 2.43. The van der Waals surface area contributed by atoms with Crippen LogP contribution in [0.5, 0.6) is 11.5 Å². The molecule has 8 aromatic rings. The molecule has 0 aliphatic carbocycles. The summed E-state index contributed by atoms with van der Waals surface area (Å²) in [5.74, 6) is -45.7. The molecule has 0 aliphatic heterocycles. The molecule has 0 unspecified atom stereocenters. The summed E-state index contributed by atoms with van der Waals surface area (Å²) >= 11 is 0. The molecule has 8 aromatic carbocycles. The van der Waals surface area contributed by atoms with Crippen molar-refractivity contribution in [1.29, 1.82) is 0 Å². The summed E-state index contributed by atoms with van der Waals surface area (Å²) in [6.45, 7) is 0. The van der Waals surface area contributed by atoms with Gasteiger partial charge in [0.15, 0.2) is 64.0 Å². The predicted molar refractivity (Wildman–Crippen MR) is 173 cm³/mol. The molecule has 2 nitrogen and oxygen atoms in total. The lowest BCUT2D eigenvalue weighted by atomic mass is 9.74. The van der Waals surface area contributed by atoms with E-state index in [1.165, 1.54) is 0 Å². The quantitative estimate of drug-likeness (QED) is 0.0566. The lowest BCUT2D eigenvalue weighted by Crippen LogP contribution is -2.46. The molecule has 0 spiro atoms. The van der Waals surface area contributed by atoms with Crippen molar-refractivity contribution in [1.82, 2.24) is 0 Å². The van der Waals surface area contributed by atoms with Crippen LogP contribution in [0.2, 0.25) is 0 Å². The monoisotopic (exact) mass is 830 g/mol. The molecule has 0 fully saturated rings. The highest BCUT2D eigenvalue weighted by molar-refractivity contribution is 6.66. The second-order valence-corrected chi connectivity index (χ2v) is 12.4. The first kappa shape index (κ1) is 38.4. The van der Waals surface area contributed by atoms with Gasteiger partial charge in [-0.3, -0.25) is 0 Å². The minimum atomic E-state index is -3.68. The molecule has 0 aliphatic rings. The molecule has 0 radical (unpaired) electrons. The van der Waals surface area contributed by atoms with Gasteiger partial charge in [0.1, 0.15) is 34.8 Å². The van der Waals surface area contributed by atoms with Crippen LogP contribution >= 0.6 is 0 Å². The average molecular weight is 830 g/mol. The van der Waals surface area contributed by atoms with E-state index in [2.05, 4.69) is 0 Å². The first-order valence-corrected chi connectivity index (χ1v) is 15.8. The summed E-state index contributed by atoms with van der Waals surface area (Å²) in [4.78, 5) is 0. The minimum Gasteiger partial charge on any atom is -0.519 e. The van der Waals surface area contributed by atoms with E-state index in [1.807, 2.05) is 0 Å². The number of hydrogen-bond donors (Lipinski definition) is 0. The highest BCUT2D eigenvalue weighted by atomic mass is 19.2. The number of rotatable bonds is 5. The average Bonchev–Trinajstić information content (AvgIpc) is 3.18. The zero-order chi connectivity index (χ0) is 42.0. The van der Waals surface area contributed by atoms with Gasteiger partial charge in [-0.2, -0.15) is 8.78 Å². The van der Waals surface area contributed by atoms with E-state index < -0.39 is 177 Å². The molecular formula is C38H8BF17O2. The van der Waals surface area contributed by atoms with Crippen molar-refractivity contribution in [2.75, 3.05) is 0 Å². The molecule has 0 heterocycles. The maximum absolute atomic E-state index is 16.0. The summed E-state index contributed by atoms with van der Waals surface area (Å²) in [6.07, 6.45) is 0. The third-order valence-electron chi connectivity index (χ3n) is 9.27. The third kappa shape index (κ3) is 5.22. The van der Waals surface area contributed by atoms with Gasteiger partial charge in [-0.25, -0.2) is 65.9 Å². The van der Waals surface area contributed by atoms with E-state index in [4.69, 9.17) is 9.31 Å². The van der Waals surface area contributed by atoms with Gasteiger partial charge in [0.2, 0.25) is 11.6 Å². The Hall–Kier alpha value is -6.47. The molecule has 0 bridgehead atoms. The summed E-state index contributed by atoms with van der Waals surface area (Å²) in [5, 5.41) is -13.7. The van der Waals surface area contributed by atoms with Crippen molar-refractivity contribution in [2.24, 2.45) is 0 Å². The third-order valence-corrected chi connectivity index (χ3v) is 9.27. The lowest BCUT2D eigenvalue weighted by molar-refractivity contribution is 0.376. The van der Waals surface area contributed by atoms with Crippen molar-refractivity contribution < 1.29 is 83.9 Å². The number of fused-ring (bicyclic) bond motifs is 5. The number of halogens is 17. The summed E-state index contributed by atoms with van der Waals surface area (Å²) in [6, 6.07) is 6.01. The van der Waals surface area contributed by atoms with Gasteiger partial charge in [-0.1, -0.05) is 24.3 Å². The van der Waals surface area contributed by atoms with Gasteiger partial charge in [0.05, 0.1) is 32.4 Å². The molecule has 8 rings (SSSR count). The van der Waals surface area contributed by atoms with Crippen LogP contribution in [-0.4, -0.2) is 7.12 Å². The van der Waals surface area contributed by atoms with Gasteiger partial charge in [0.25, 0.3) is 0 Å². The molecule has 20 heteroatoms. The largest absolute Gasteiger partial charge is 0.636 e. The minimum absolute atomic E-state index is 0.493. The highest BCUT2D eigenvalue weighted by Crippen LogP contribution is 2.43. The zero-order valence-electron chi connectivity index (χ0n) is 27.4. The molecule has 0 atom stereocenters. The topological polar surface area (TPSA) is 18.5 Å². The van der Waals surface area contributed by atoms with E-state index in [9.17, 15) is 17.6 Å². The Labute approximate surface area is 309 Å². The Balaban J connectivity index is 1.52. The van der Waals surface area contributed by atoms with Gasteiger partial charge in [0, 0.05) is 16.2 Å². The Morgan fingerprint density at radius 3 is 1.07 bits per heavy atom. The maximum atomic E-state index is 16.0. The molecule has 0 amide bonds. The standard InChI is InChI=1S/C38H8BF17O2/c40-13-5-1-3-9-7-11-17(22(42)15(9)13)24(44)33(53)35(55)37(11)57-39(21-19-20(27(47)30(50)29(21)49)28(48)32(52)31(51)26(19)46)58-38-12-8-10-4-2-6-14(41)16(10)23(43)18(12)25(45)34(54)36(38)56/h1-8H. The van der Waals surface area contributed by atoms with Gasteiger partial charge in [-0.05, 0) is 35.0 Å². The molecule has 0 aromatic heterocycles. The first-order chi connectivity index (χ1) is 27.4. The normalized spacial score (nSPS) is 11.9. The summed E-state index contributed by atoms with van der Waals surface area (Å²) in [7, 11) is -3.68. The van der Waals surface area contributed by atoms with E-state index in [1.54, 1.807) is 0 Å². The van der Waals surface area contributed by atoms with E-state index in [0.29, 0.717) is 24.3 Å². The maximum Gasteiger partial charge on any atom is 0.636 e. The SMILES string of the molecule is Fc1c(F)c(F)c2c(F)c3c(F)cccc3cc2c1OB(Oc1c(F)c(F)c(F)c2c(F)c3c(F)cccc3cc12)c1c(F)c(F)c(F)c2c(F)c(F)c(F)c(F)c12. The van der Waals surface area contributed by atoms with Crippen molar-refractivity contribution in [3.05, 3.63) is 147 Å². The van der Waals surface area contributed by atoms with E-state index in [0.717, 1.165) is 24.3 Å². The second kappa shape index (κ2) is 13.3. The molecule has 0 N–H and O–H groups in total. The van der Waals surface area contributed by atoms with E-state index in [-0.39, 0.29) is 0 Å². The lowest BCUT2D eigenvalue weighted by Gasteiger charge is -2.23. The Morgan fingerprint density at radius 2 is 0.655 bits per heavy atom. The Kier molecular flexibility index (Phi) is 8.81. The molecule has 0 saturated carbocycles. The van der Waals surface area contributed by atoms with Crippen LogP contribution in [0.1, 0.15) is 0 Å². The van der Waals surface area contributed by atoms with Gasteiger partial charge in [-0.15, -0.1) is 0 Å². The molecule has 294 valence electrons. The molecule has 58 heavy (non-hydrogen) atoms. The number of benzene rings is 8. The van der Waals surface area contributed by atoms with E-state index >= 15 is 57.1 Å². The Bertz CT molecular complexity index is 3010. The molecular weight excluding hydrogens is 822 g/mol. The van der Waals surface area contributed by atoms with Crippen LogP contribution in [-0.2, 0) is 0 Å². The van der Waals surface area contributed by atoms with Crippen molar-refractivity contribution in [2.45, 2.75) is 0 Å². The summed E-state index contributed by atoms with van der Waals surface area (Å²) < 4.78 is 270. The second-order valence-electron chi connectivity index (χ2n) is 12.4. The van der Waals surface area contributed by atoms with Crippen LogP contribution in [0.15, 0.2) is 48.5 Å². The molecule has 0 saturated heterocycles. The van der Waals surface area contributed by atoms with Crippen molar-refractivity contribution in [3.8, 4) is 11.5 Å².